The summed E-state index contributed by atoms with van der Waals surface area (Å²) in [6.07, 6.45) is 2.92. The molecule has 0 saturated heterocycles. The standard InChI is InChI=1S/C13H20N4S/c1-5-10-12(8-14-9(2)3)18-13(15-10)11-6-7-17(4)16-11/h6-7,9,14H,5,8H2,1-4H3. The van der Waals surface area contributed by atoms with Crippen molar-refractivity contribution in [2.75, 3.05) is 0 Å². The maximum absolute atomic E-state index is 4.69. The van der Waals surface area contributed by atoms with Gasteiger partial charge in [0.25, 0.3) is 0 Å². The highest BCUT2D eigenvalue weighted by Crippen LogP contribution is 2.27. The molecule has 0 spiro atoms. The van der Waals surface area contributed by atoms with Crippen LogP contribution < -0.4 is 5.32 Å². The predicted octanol–water partition coefficient (Wildman–Crippen LogP) is 2.60. The van der Waals surface area contributed by atoms with Crippen LogP contribution in [0.25, 0.3) is 10.7 Å². The molecule has 2 heterocycles. The minimum Gasteiger partial charge on any atom is -0.310 e. The summed E-state index contributed by atoms with van der Waals surface area (Å²) in [4.78, 5) is 6.02. The molecule has 18 heavy (non-hydrogen) atoms. The molecule has 5 heteroatoms. The van der Waals surface area contributed by atoms with Crippen LogP contribution in [0.5, 0.6) is 0 Å². The lowest BCUT2D eigenvalue weighted by molar-refractivity contribution is 0.590. The van der Waals surface area contributed by atoms with Crippen molar-refractivity contribution in [1.29, 1.82) is 0 Å². The van der Waals surface area contributed by atoms with Crippen LogP contribution in [0.2, 0.25) is 0 Å². The molecule has 0 amide bonds. The molecule has 0 unspecified atom stereocenters. The van der Waals surface area contributed by atoms with Crippen molar-refractivity contribution in [1.82, 2.24) is 20.1 Å². The van der Waals surface area contributed by atoms with E-state index in [9.17, 15) is 0 Å². The summed E-state index contributed by atoms with van der Waals surface area (Å²) in [7, 11) is 1.93. The van der Waals surface area contributed by atoms with Gasteiger partial charge in [0.1, 0.15) is 10.7 Å². The fourth-order valence-electron chi connectivity index (χ4n) is 1.73. The number of nitrogens with one attached hydrogen (secondary N) is 1. The van der Waals surface area contributed by atoms with Gasteiger partial charge in [-0.1, -0.05) is 20.8 Å². The second kappa shape index (κ2) is 5.63. The molecule has 0 radical (unpaired) electrons. The minimum atomic E-state index is 0.495. The zero-order valence-corrected chi connectivity index (χ0v) is 12.2. The predicted molar refractivity (Wildman–Crippen MR) is 75.7 cm³/mol. The maximum atomic E-state index is 4.69. The van der Waals surface area contributed by atoms with Crippen LogP contribution in [0.3, 0.4) is 0 Å². The first-order valence-electron chi connectivity index (χ1n) is 6.32. The van der Waals surface area contributed by atoms with E-state index in [1.54, 1.807) is 11.3 Å². The topological polar surface area (TPSA) is 42.7 Å². The Morgan fingerprint density at radius 2 is 2.22 bits per heavy atom. The molecule has 0 atom stereocenters. The Hall–Kier alpha value is -1.20. The Labute approximate surface area is 112 Å². The van der Waals surface area contributed by atoms with Gasteiger partial charge < -0.3 is 5.32 Å². The van der Waals surface area contributed by atoms with Crippen molar-refractivity contribution >= 4 is 11.3 Å². The Kier molecular flexibility index (Phi) is 4.14. The quantitative estimate of drug-likeness (QED) is 0.902. The average Bonchev–Trinajstić information content (AvgIpc) is 2.92. The normalized spacial score (nSPS) is 11.4. The Morgan fingerprint density at radius 1 is 1.44 bits per heavy atom. The molecule has 0 aromatic carbocycles. The van der Waals surface area contributed by atoms with Crippen LogP contribution in [0.4, 0.5) is 0 Å². The van der Waals surface area contributed by atoms with E-state index < -0.39 is 0 Å². The first-order valence-corrected chi connectivity index (χ1v) is 7.13. The zero-order chi connectivity index (χ0) is 13.1. The molecule has 2 aromatic heterocycles. The van der Waals surface area contributed by atoms with E-state index in [0.717, 1.165) is 23.7 Å². The summed E-state index contributed by atoms with van der Waals surface area (Å²) >= 11 is 1.74. The number of aryl methyl sites for hydroxylation is 2. The molecule has 0 aliphatic heterocycles. The number of hydrogen-bond donors (Lipinski definition) is 1. The van der Waals surface area contributed by atoms with Crippen LogP contribution >= 0.6 is 11.3 Å². The van der Waals surface area contributed by atoms with Gasteiger partial charge in [-0.3, -0.25) is 4.68 Å². The minimum absolute atomic E-state index is 0.495. The lowest BCUT2D eigenvalue weighted by Gasteiger charge is -2.06. The van der Waals surface area contributed by atoms with Gasteiger partial charge in [0, 0.05) is 30.7 Å². The van der Waals surface area contributed by atoms with Crippen molar-refractivity contribution in [2.24, 2.45) is 7.05 Å². The fraction of sp³-hybridized carbons (Fsp3) is 0.538. The molecule has 0 saturated carbocycles. The van der Waals surface area contributed by atoms with Gasteiger partial charge in [0.15, 0.2) is 0 Å². The van der Waals surface area contributed by atoms with Crippen molar-refractivity contribution in [3.8, 4) is 10.7 Å². The number of rotatable bonds is 5. The molecule has 4 nitrogen and oxygen atoms in total. The third-order valence-corrected chi connectivity index (χ3v) is 3.84. The smallest absolute Gasteiger partial charge is 0.144 e. The van der Waals surface area contributed by atoms with E-state index >= 15 is 0 Å². The summed E-state index contributed by atoms with van der Waals surface area (Å²) in [6.45, 7) is 7.36. The van der Waals surface area contributed by atoms with Gasteiger partial charge >= 0.3 is 0 Å². The monoisotopic (exact) mass is 264 g/mol. The highest BCUT2D eigenvalue weighted by molar-refractivity contribution is 7.15. The van der Waals surface area contributed by atoms with Crippen molar-refractivity contribution in [3.63, 3.8) is 0 Å². The molecule has 0 fully saturated rings. The van der Waals surface area contributed by atoms with E-state index in [1.165, 1.54) is 10.6 Å². The van der Waals surface area contributed by atoms with E-state index in [2.05, 4.69) is 31.2 Å². The summed E-state index contributed by atoms with van der Waals surface area (Å²) < 4.78 is 1.81. The van der Waals surface area contributed by atoms with Crippen molar-refractivity contribution < 1.29 is 0 Å². The molecule has 1 N–H and O–H groups in total. The second-order valence-electron chi connectivity index (χ2n) is 4.65. The largest absolute Gasteiger partial charge is 0.310 e. The molecular formula is C13H20N4S. The van der Waals surface area contributed by atoms with E-state index in [4.69, 9.17) is 4.98 Å². The van der Waals surface area contributed by atoms with Gasteiger partial charge in [0.2, 0.25) is 0 Å². The molecule has 98 valence electrons. The summed E-state index contributed by atoms with van der Waals surface area (Å²) in [5, 5.41) is 8.88. The SMILES string of the molecule is CCc1nc(-c2ccn(C)n2)sc1CNC(C)C. The van der Waals surface area contributed by atoms with Crippen LogP contribution in [-0.4, -0.2) is 20.8 Å². The average molecular weight is 264 g/mol. The van der Waals surface area contributed by atoms with E-state index in [0.29, 0.717) is 6.04 Å². The van der Waals surface area contributed by atoms with Gasteiger partial charge in [-0.15, -0.1) is 11.3 Å². The Morgan fingerprint density at radius 3 is 2.78 bits per heavy atom. The van der Waals surface area contributed by atoms with E-state index in [-0.39, 0.29) is 0 Å². The summed E-state index contributed by atoms with van der Waals surface area (Å²) in [6, 6.07) is 2.51. The molecule has 2 rings (SSSR count). The van der Waals surface area contributed by atoms with Gasteiger partial charge in [-0.05, 0) is 12.5 Å². The third-order valence-electron chi connectivity index (χ3n) is 2.72. The molecule has 0 aliphatic rings. The maximum Gasteiger partial charge on any atom is 0.144 e. The summed E-state index contributed by atoms with van der Waals surface area (Å²) in [5.74, 6) is 0. The highest BCUT2D eigenvalue weighted by Gasteiger charge is 2.13. The lowest BCUT2D eigenvalue weighted by Crippen LogP contribution is -2.21. The van der Waals surface area contributed by atoms with Gasteiger partial charge in [0.05, 0.1) is 5.69 Å². The first kappa shape index (κ1) is 13.2. The second-order valence-corrected chi connectivity index (χ2v) is 5.74. The van der Waals surface area contributed by atoms with Gasteiger partial charge in [-0.2, -0.15) is 5.10 Å². The van der Waals surface area contributed by atoms with E-state index in [1.807, 2.05) is 24.0 Å². The fourth-order valence-corrected chi connectivity index (χ4v) is 2.80. The van der Waals surface area contributed by atoms with Crippen LogP contribution in [-0.2, 0) is 20.0 Å². The number of aromatic nitrogens is 3. The highest BCUT2D eigenvalue weighted by atomic mass is 32.1. The number of nitrogens with zero attached hydrogens (tertiary/aromatic N) is 3. The number of thiazole rings is 1. The Balaban J connectivity index is 2.23. The zero-order valence-electron chi connectivity index (χ0n) is 11.4. The Bertz CT molecular complexity index is 513. The third kappa shape index (κ3) is 2.97. The summed E-state index contributed by atoms with van der Waals surface area (Å²) in [5.41, 5.74) is 2.15. The van der Waals surface area contributed by atoms with Crippen LogP contribution in [0, 0.1) is 0 Å². The molecule has 0 aliphatic carbocycles. The van der Waals surface area contributed by atoms with Gasteiger partial charge in [-0.25, -0.2) is 4.98 Å². The van der Waals surface area contributed by atoms with Crippen molar-refractivity contribution in [3.05, 3.63) is 22.8 Å². The number of hydrogen-bond acceptors (Lipinski definition) is 4. The van der Waals surface area contributed by atoms with Crippen LogP contribution in [0.15, 0.2) is 12.3 Å². The first-order chi connectivity index (χ1) is 8.60. The van der Waals surface area contributed by atoms with Crippen molar-refractivity contribution in [2.45, 2.75) is 39.8 Å². The molecule has 2 aromatic rings. The lowest BCUT2D eigenvalue weighted by atomic mass is 10.3. The van der Waals surface area contributed by atoms with Crippen LogP contribution in [0.1, 0.15) is 31.3 Å². The molecular weight excluding hydrogens is 244 g/mol. The molecule has 0 bridgehead atoms.